The average molecular weight is 1370 g/mol. The van der Waals surface area contributed by atoms with Gasteiger partial charge in [-0.1, -0.05) is 61.2 Å². The minimum atomic E-state index is -0.852. The first-order chi connectivity index (χ1) is 47.3. The van der Waals surface area contributed by atoms with E-state index >= 15 is 0 Å². The Hall–Kier alpha value is -8.30. The van der Waals surface area contributed by atoms with E-state index in [1.54, 1.807) is 58.2 Å². The van der Waals surface area contributed by atoms with E-state index in [9.17, 15) is 34.2 Å². The number of unbranched alkanes of at least 4 members (excludes halogenated alkanes) is 4. The molecule has 0 bridgehead atoms. The van der Waals surface area contributed by atoms with Gasteiger partial charge >= 0.3 is 6.09 Å². The second-order valence-electron chi connectivity index (χ2n) is 25.8. The molecule has 7 aliphatic rings. The normalized spacial score (nSPS) is 20.9. The summed E-state index contributed by atoms with van der Waals surface area (Å²) in [5, 5.41) is 24.8. The number of phenols is 2. The molecule has 7 heterocycles. The number of piperidine rings is 2. The number of carbonyl (C=O) groups is 5. The summed E-state index contributed by atoms with van der Waals surface area (Å²) in [5.74, 6) is 2.71. The molecule has 514 valence electrons. The Labute approximate surface area is 575 Å². The van der Waals surface area contributed by atoms with Crippen LogP contribution in [0.25, 0.3) is 21.5 Å². The minimum absolute atomic E-state index is 0.0110. The Kier molecular flexibility index (Phi) is 22.3. The number of aromatic hydroxyl groups is 2. The van der Waals surface area contributed by atoms with Crippen molar-refractivity contribution in [1.82, 2.24) is 9.80 Å². The van der Waals surface area contributed by atoms with Crippen molar-refractivity contribution in [3.8, 4) is 34.5 Å². The van der Waals surface area contributed by atoms with Gasteiger partial charge in [-0.25, -0.2) is 9.69 Å². The monoisotopic (exact) mass is 1360 g/mol. The zero-order valence-electron chi connectivity index (χ0n) is 55.2. The number of amides is 5. The van der Waals surface area contributed by atoms with Gasteiger partial charge in [-0.15, -0.1) is 23.2 Å². The van der Waals surface area contributed by atoms with E-state index in [0.29, 0.717) is 142 Å². The maximum Gasteiger partial charge on any atom is 0.416 e. The van der Waals surface area contributed by atoms with Crippen LogP contribution in [0.4, 0.5) is 27.5 Å². The van der Waals surface area contributed by atoms with Gasteiger partial charge in [0.2, 0.25) is 11.8 Å². The molecule has 6 aromatic carbocycles. The molecule has 3 saturated heterocycles. The Morgan fingerprint density at radius 2 is 1.18 bits per heavy atom. The van der Waals surface area contributed by atoms with Gasteiger partial charge in [0.1, 0.15) is 18.1 Å². The second-order valence-corrected chi connectivity index (χ2v) is 26.4. The molecular formula is C75H86Cl2N6O14. The number of carbonyl (C=O) groups excluding carboxylic acids is 5. The van der Waals surface area contributed by atoms with Crippen molar-refractivity contribution in [3.63, 3.8) is 0 Å². The molecule has 2 N–H and O–H groups in total. The van der Waals surface area contributed by atoms with E-state index in [4.69, 9.17) is 56.4 Å². The Morgan fingerprint density at radius 1 is 0.629 bits per heavy atom. The highest BCUT2D eigenvalue weighted by atomic mass is 35.5. The quantitative estimate of drug-likeness (QED) is 0.0367. The molecule has 20 nitrogen and oxygen atoms in total. The number of anilines is 3. The van der Waals surface area contributed by atoms with Gasteiger partial charge in [-0.2, -0.15) is 0 Å². The number of hydrogen-bond donors (Lipinski definition) is 2. The van der Waals surface area contributed by atoms with Gasteiger partial charge in [0.15, 0.2) is 35.5 Å². The van der Waals surface area contributed by atoms with Gasteiger partial charge < -0.3 is 63.0 Å². The van der Waals surface area contributed by atoms with E-state index in [-0.39, 0.29) is 59.6 Å². The number of rotatable bonds is 22. The van der Waals surface area contributed by atoms with Gasteiger partial charge in [0.25, 0.3) is 11.8 Å². The van der Waals surface area contributed by atoms with Crippen LogP contribution in [0, 0.1) is 0 Å². The third-order valence-corrected chi connectivity index (χ3v) is 20.4. The lowest BCUT2D eigenvalue weighted by molar-refractivity contribution is -0.198. The number of halogens is 2. The SMILES string of the molecule is C=CCOC(=O)N1c2cc(OCCCCCC(=O)N3C[C@@H](CCl)c4c3cc(O)c3ccccc43)c(OC)cc2C(=O)N2CCCC[C@H]2C1OC1CCCCO1.COc1cc2c(cc1OCCCCCC(=O)N1C[C@@H](CCl)c3c1cc(O)c1ccccc31)N=C[C@@H]1CCCCN1C2=O. The van der Waals surface area contributed by atoms with Crippen LogP contribution in [0.15, 0.2) is 103 Å². The van der Waals surface area contributed by atoms with Crippen LogP contribution >= 0.6 is 23.2 Å². The number of benzene rings is 6. The van der Waals surface area contributed by atoms with Crippen LogP contribution in [0.2, 0.25) is 0 Å². The predicted molar refractivity (Wildman–Crippen MR) is 375 cm³/mol. The first kappa shape index (κ1) is 68.6. The molecule has 7 aliphatic heterocycles. The van der Waals surface area contributed by atoms with Crippen LogP contribution in [0.1, 0.15) is 153 Å². The lowest BCUT2D eigenvalue weighted by Gasteiger charge is -2.42. The van der Waals surface area contributed by atoms with Crippen molar-refractivity contribution in [3.05, 3.63) is 120 Å². The molecule has 0 spiro atoms. The topological polar surface area (TPSA) is 219 Å². The summed E-state index contributed by atoms with van der Waals surface area (Å²) in [6, 6.07) is 25.2. The summed E-state index contributed by atoms with van der Waals surface area (Å²) in [4.78, 5) is 81.4. The van der Waals surface area contributed by atoms with Crippen molar-refractivity contribution in [2.24, 2.45) is 4.99 Å². The first-order valence-corrected chi connectivity index (χ1v) is 35.3. The predicted octanol–water partition coefficient (Wildman–Crippen LogP) is 14.4. The number of phenolic OH excluding ortho intramolecular Hbond substituents is 2. The number of fused-ring (bicyclic) bond motifs is 10. The van der Waals surface area contributed by atoms with Crippen molar-refractivity contribution >= 4 is 103 Å². The molecule has 5 amide bonds. The average Bonchev–Trinajstić information content (AvgIpc) is 1.63. The Morgan fingerprint density at radius 3 is 1.74 bits per heavy atom. The molecule has 0 aliphatic carbocycles. The molecule has 3 fully saturated rings. The fourth-order valence-electron chi connectivity index (χ4n) is 14.8. The maximum atomic E-state index is 14.2. The van der Waals surface area contributed by atoms with Crippen molar-refractivity contribution in [1.29, 1.82) is 0 Å². The summed E-state index contributed by atoms with van der Waals surface area (Å²) in [5.41, 5.74) is 5.29. The van der Waals surface area contributed by atoms with Crippen molar-refractivity contribution in [2.75, 3.05) is 93.3 Å². The molecule has 6 aromatic rings. The highest BCUT2D eigenvalue weighted by Gasteiger charge is 2.47. The Bertz CT molecular complexity index is 3940. The first-order valence-electron chi connectivity index (χ1n) is 34.3. The summed E-state index contributed by atoms with van der Waals surface area (Å²) in [6.45, 7) is 7.29. The summed E-state index contributed by atoms with van der Waals surface area (Å²) in [7, 11) is 3.09. The standard InChI is InChI=1S/C42H50ClN3O9.C33H36ClN3O5/c1-3-19-54-42(50)46-32-24-36(35(51-2)22-30(32)40(49)44-18-10-8-15-31(44)41(46)55-38-17-9-12-21-53-38)52-20-11-4-5-16-37(48)45-26-27(25-43)39-29-14-7-6-13-28(29)34(47)23-33(39)45;1-41-29-15-25-26(35-19-22-9-6-7-13-36(22)33(25)40)16-30(29)42-14-8-2-3-12-31(39)37-20-21(18-34)32-24-11-5-4-10-23(24)28(38)17-27(32)37/h3,6-7,13-14,22-24,27,31,38,41,47H,1,4-5,8-12,15-21,25-26H2,2H3;4-5,10-11,15-17,19,21-22,38H,2-3,6-9,12-14,18,20H2,1H3/t27-,31+,38?,41?;21-,22+/m11/s1. The fraction of sp³-hybridized carbons (Fsp3) is 0.467. The minimum Gasteiger partial charge on any atom is -0.507 e. The van der Waals surface area contributed by atoms with Crippen LogP contribution in [0.5, 0.6) is 34.5 Å². The van der Waals surface area contributed by atoms with Crippen molar-refractivity contribution < 1.29 is 67.3 Å². The lowest BCUT2D eigenvalue weighted by atomic mass is 9.95. The molecule has 0 aromatic heterocycles. The number of ether oxygens (including phenoxy) is 7. The largest absolute Gasteiger partial charge is 0.507 e. The second kappa shape index (κ2) is 31.5. The number of nitrogens with zero attached hydrogens (tertiary/aromatic N) is 6. The third-order valence-electron chi connectivity index (χ3n) is 19.7. The molecule has 97 heavy (non-hydrogen) atoms. The number of alkyl halides is 2. The zero-order valence-corrected chi connectivity index (χ0v) is 56.7. The third kappa shape index (κ3) is 14.5. The highest BCUT2D eigenvalue weighted by molar-refractivity contribution is 6.19. The maximum absolute atomic E-state index is 14.2. The lowest BCUT2D eigenvalue weighted by Crippen LogP contribution is -2.57. The van der Waals surface area contributed by atoms with Gasteiger partial charge in [-0.3, -0.25) is 24.2 Å². The molecule has 2 unspecified atom stereocenters. The number of hydrogen-bond acceptors (Lipinski definition) is 15. The highest BCUT2D eigenvalue weighted by Crippen LogP contribution is 2.49. The van der Waals surface area contributed by atoms with E-state index in [0.717, 1.165) is 115 Å². The molecule has 22 heteroatoms. The van der Waals surface area contributed by atoms with Crippen LogP contribution < -0.4 is 33.6 Å². The van der Waals surface area contributed by atoms with E-state index in [2.05, 4.69) is 11.6 Å². The zero-order chi connectivity index (χ0) is 67.7. The van der Waals surface area contributed by atoms with Crippen LogP contribution in [0.3, 0.4) is 0 Å². The summed E-state index contributed by atoms with van der Waals surface area (Å²) in [6.07, 6.45) is 14.3. The van der Waals surface area contributed by atoms with E-state index < -0.39 is 24.7 Å². The molecule has 0 radical (unpaired) electrons. The van der Waals surface area contributed by atoms with E-state index in [1.165, 1.54) is 18.1 Å². The van der Waals surface area contributed by atoms with Gasteiger partial charge in [-0.05, 0) is 130 Å². The van der Waals surface area contributed by atoms with E-state index in [1.807, 2.05) is 59.6 Å². The number of methoxy groups -OCH3 is 2. The summed E-state index contributed by atoms with van der Waals surface area (Å²) < 4.78 is 41.8. The smallest absolute Gasteiger partial charge is 0.416 e. The number of aliphatic imine (C=N–C) groups is 1. The van der Waals surface area contributed by atoms with Gasteiger partial charge in [0.05, 0.1) is 73.4 Å². The van der Waals surface area contributed by atoms with Crippen LogP contribution in [-0.4, -0.2) is 159 Å². The fourth-order valence-corrected chi connectivity index (χ4v) is 15.3. The summed E-state index contributed by atoms with van der Waals surface area (Å²) >= 11 is 12.7. The van der Waals surface area contributed by atoms with Crippen molar-refractivity contribution in [2.45, 2.75) is 146 Å². The molecule has 0 saturated carbocycles. The Balaban J connectivity index is 0.000000192. The molecular weight excluding hydrogens is 1280 g/mol. The molecule has 6 atom stereocenters. The van der Waals surface area contributed by atoms with Gasteiger partial charge in [0, 0.05) is 110 Å². The molecule has 13 rings (SSSR count). The van der Waals surface area contributed by atoms with Crippen LogP contribution in [-0.2, 0) is 23.8 Å².